The van der Waals surface area contributed by atoms with Crippen LogP contribution in [0.15, 0.2) is 58.9 Å². The number of hydrogen-bond acceptors (Lipinski definition) is 8. The minimum atomic E-state index is -4.91. The molecule has 0 bridgehead atoms. The predicted octanol–water partition coefficient (Wildman–Crippen LogP) is 9.43. The molecule has 0 unspecified atom stereocenters. The molecule has 316 valence electrons. The van der Waals surface area contributed by atoms with Crippen molar-refractivity contribution in [3.05, 3.63) is 75.7 Å². The van der Waals surface area contributed by atoms with E-state index in [2.05, 4.69) is 4.98 Å². The van der Waals surface area contributed by atoms with Gasteiger partial charge in [0.1, 0.15) is 16.3 Å². The molecule has 6 rings (SSSR count). The van der Waals surface area contributed by atoms with Crippen LogP contribution in [0.1, 0.15) is 111 Å². The highest BCUT2D eigenvalue weighted by Crippen LogP contribution is 2.48. The average molecular weight is 856 g/mol. The molecule has 2 saturated heterocycles. The average Bonchev–Trinajstić information content (AvgIpc) is 3.64. The van der Waals surface area contributed by atoms with Crippen molar-refractivity contribution in [2.45, 2.75) is 124 Å². The quantitative estimate of drug-likeness (QED) is 0.129. The Bertz CT molecular complexity index is 1960. The molecule has 2 aromatic heterocycles. The van der Waals surface area contributed by atoms with Gasteiger partial charge in [-0.3, -0.25) is 19.4 Å². The zero-order chi connectivity index (χ0) is 42.1. The minimum Gasteiger partial charge on any atom is -0.481 e. The van der Waals surface area contributed by atoms with E-state index in [0.29, 0.717) is 49.0 Å². The summed E-state index contributed by atoms with van der Waals surface area (Å²) in [5.74, 6) is -2.73. The first kappa shape index (κ1) is 43.7. The molecule has 2 amide bonds. The monoisotopic (exact) mass is 855 g/mol. The Hall–Kier alpha value is -3.83. The topological polar surface area (TPSA) is 120 Å². The molecule has 17 heteroatoms. The number of alkyl halides is 6. The van der Waals surface area contributed by atoms with Crippen molar-refractivity contribution in [1.82, 2.24) is 14.8 Å². The lowest BCUT2D eigenvalue weighted by molar-refractivity contribution is -0.163. The second-order valence-electron chi connectivity index (χ2n) is 15.7. The molecule has 3 fully saturated rings. The van der Waals surface area contributed by atoms with Crippen molar-refractivity contribution < 1.29 is 55.7 Å². The van der Waals surface area contributed by atoms with Gasteiger partial charge in [-0.15, -0.1) is 23.1 Å². The van der Waals surface area contributed by atoms with Crippen molar-refractivity contribution in [3.8, 4) is 5.75 Å². The number of halogens is 6. The molecule has 0 spiro atoms. The van der Waals surface area contributed by atoms with E-state index in [0.717, 1.165) is 46.0 Å². The Morgan fingerprint density at radius 1 is 0.983 bits per heavy atom. The Morgan fingerprint density at radius 3 is 2.29 bits per heavy atom. The van der Waals surface area contributed by atoms with Gasteiger partial charge in [0.2, 0.25) is 5.60 Å². The van der Waals surface area contributed by atoms with Crippen molar-refractivity contribution in [3.63, 3.8) is 0 Å². The molecule has 1 saturated carbocycles. The third-order valence-electron chi connectivity index (χ3n) is 11.9. The zero-order valence-corrected chi connectivity index (χ0v) is 33.8. The van der Waals surface area contributed by atoms with E-state index in [9.17, 15) is 46.1 Å². The fourth-order valence-corrected chi connectivity index (χ4v) is 10.5. The Morgan fingerprint density at radius 2 is 1.69 bits per heavy atom. The maximum atomic E-state index is 15.0. The summed E-state index contributed by atoms with van der Waals surface area (Å²) in [4.78, 5) is 47.3. The van der Waals surface area contributed by atoms with E-state index in [1.165, 1.54) is 4.90 Å². The van der Waals surface area contributed by atoms with Gasteiger partial charge in [0.05, 0.1) is 22.6 Å². The molecule has 1 aliphatic carbocycles. The van der Waals surface area contributed by atoms with Crippen LogP contribution in [0, 0.1) is 5.41 Å². The largest absolute Gasteiger partial charge is 0.481 e. The number of thiophene rings is 1. The molecule has 3 atom stereocenters. The number of carboxylic acid groups (broad SMARTS) is 1. The Balaban J connectivity index is 1.27. The first-order valence-electron chi connectivity index (χ1n) is 19.5. The molecule has 3 aliphatic rings. The number of carbonyl (C=O) groups is 3. The number of rotatable bonds is 13. The van der Waals surface area contributed by atoms with E-state index < -0.39 is 68.9 Å². The second-order valence-corrected chi connectivity index (χ2v) is 18.1. The number of aliphatic hydroxyl groups is 1. The molecular formula is C41H47F6N3O6S2. The fraction of sp³-hybridized carbons (Fsp3) is 0.561. The normalized spacial score (nSPS) is 22.5. The maximum absolute atomic E-state index is 15.0. The lowest BCUT2D eigenvalue weighted by atomic mass is 9.66. The number of carboxylic acids is 1. The van der Waals surface area contributed by atoms with Gasteiger partial charge in [0.25, 0.3) is 11.8 Å². The van der Waals surface area contributed by atoms with Crippen molar-refractivity contribution in [2.24, 2.45) is 5.41 Å². The number of pyridine rings is 1. The number of piperidine rings is 2. The number of likely N-dealkylation sites (tertiary alicyclic amines) is 2. The Kier molecular flexibility index (Phi) is 12.8. The van der Waals surface area contributed by atoms with Crippen LogP contribution in [0.4, 0.5) is 26.3 Å². The number of aromatic nitrogens is 1. The first-order valence-corrected chi connectivity index (χ1v) is 21.3. The van der Waals surface area contributed by atoms with Gasteiger partial charge in [0, 0.05) is 53.8 Å². The van der Waals surface area contributed by atoms with Crippen LogP contribution >= 0.6 is 23.1 Å². The van der Waals surface area contributed by atoms with Gasteiger partial charge < -0.3 is 24.7 Å². The van der Waals surface area contributed by atoms with E-state index in [1.54, 1.807) is 24.8 Å². The SMILES string of the molecule is CCC[C@H]1N(C(=O)c2ncccc2C(F)(F)F)CCC[C@@]1(Oc1csc(C(F)(F)F)c1)C(=O)N1CCC(O)(c2ccccc2S[C@H](C)CCC2(C(=O)O)CCC2)CC1. The highest BCUT2D eigenvalue weighted by molar-refractivity contribution is 8.00. The van der Waals surface area contributed by atoms with Gasteiger partial charge in [-0.05, 0) is 75.1 Å². The van der Waals surface area contributed by atoms with Crippen LogP contribution in [-0.2, 0) is 27.5 Å². The molecular weight excluding hydrogens is 809 g/mol. The van der Waals surface area contributed by atoms with Crippen molar-refractivity contribution in [2.75, 3.05) is 19.6 Å². The number of carbonyl (C=O) groups excluding carboxylic acids is 2. The van der Waals surface area contributed by atoms with Crippen molar-refractivity contribution in [1.29, 1.82) is 0 Å². The van der Waals surface area contributed by atoms with Crippen LogP contribution in [-0.4, -0.2) is 79.3 Å². The molecule has 4 heterocycles. The predicted molar refractivity (Wildman–Crippen MR) is 206 cm³/mol. The standard InChI is InChI=1S/C41H47F6N3O6S2/c1-3-9-31-39(56-27-24-32(57-25-27)41(45,46)47,16-8-21-50(31)34(51)33-29(40(42,43)44)11-6-20-48-33)35(52)49-22-18-38(55,19-23-49)28-10-4-5-12-30(28)58-26(2)13-17-37(36(53)54)14-7-15-37/h4-6,10-12,20,24-26,31,55H,3,7-9,13-19,21-23H2,1-2H3,(H,53,54)/t26-,31-,39+/m1/s1. The van der Waals surface area contributed by atoms with Crippen LogP contribution in [0.25, 0.3) is 0 Å². The molecule has 3 aromatic rings. The summed E-state index contributed by atoms with van der Waals surface area (Å²) in [6, 6.07) is 8.79. The molecule has 1 aromatic carbocycles. The number of benzene rings is 1. The lowest BCUT2D eigenvalue weighted by Gasteiger charge is -2.51. The highest BCUT2D eigenvalue weighted by atomic mass is 32.2. The number of nitrogens with zero attached hydrogens (tertiary/aromatic N) is 3. The molecule has 2 aliphatic heterocycles. The summed E-state index contributed by atoms with van der Waals surface area (Å²) in [6.45, 7) is 3.76. The summed E-state index contributed by atoms with van der Waals surface area (Å²) in [7, 11) is 0. The third-order valence-corrected chi connectivity index (χ3v) is 14.1. The fourth-order valence-electron chi connectivity index (χ4n) is 8.58. The van der Waals surface area contributed by atoms with Crippen molar-refractivity contribution >= 4 is 40.9 Å². The molecule has 0 radical (unpaired) electrons. The number of amides is 2. The van der Waals surface area contributed by atoms with Crippen LogP contribution < -0.4 is 4.74 Å². The van der Waals surface area contributed by atoms with E-state index >= 15 is 4.79 Å². The number of thioether (sulfide) groups is 1. The van der Waals surface area contributed by atoms with E-state index in [1.807, 2.05) is 25.1 Å². The lowest BCUT2D eigenvalue weighted by Crippen LogP contribution is -2.68. The van der Waals surface area contributed by atoms with Crippen LogP contribution in [0.2, 0.25) is 0 Å². The third kappa shape index (κ3) is 8.86. The van der Waals surface area contributed by atoms with Gasteiger partial charge in [-0.1, -0.05) is 44.9 Å². The van der Waals surface area contributed by atoms with E-state index in [-0.39, 0.29) is 62.7 Å². The maximum Gasteiger partial charge on any atom is 0.425 e. The summed E-state index contributed by atoms with van der Waals surface area (Å²) >= 11 is 1.92. The van der Waals surface area contributed by atoms with Gasteiger partial charge in [-0.25, -0.2) is 0 Å². The smallest absolute Gasteiger partial charge is 0.425 e. The summed E-state index contributed by atoms with van der Waals surface area (Å²) in [6.07, 6.45) is -4.44. The second kappa shape index (κ2) is 17.0. The summed E-state index contributed by atoms with van der Waals surface area (Å²) in [5.41, 5.74) is -5.48. The minimum absolute atomic E-state index is 0.0127. The highest BCUT2D eigenvalue weighted by Gasteiger charge is 2.57. The first-order chi connectivity index (χ1) is 27.3. The van der Waals surface area contributed by atoms with Crippen LogP contribution in [0.3, 0.4) is 0 Å². The number of hydrogen-bond donors (Lipinski definition) is 2. The number of aliphatic carboxylic acids is 1. The van der Waals surface area contributed by atoms with E-state index in [4.69, 9.17) is 4.74 Å². The molecule has 58 heavy (non-hydrogen) atoms. The molecule has 2 N–H and O–H groups in total. The number of ether oxygens (including phenoxy) is 1. The summed E-state index contributed by atoms with van der Waals surface area (Å²) < 4.78 is 89.9. The van der Waals surface area contributed by atoms with Gasteiger partial charge >= 0.3 is 18.3 Å². The van der Waals surface area contributed by atoms with Gasteiger partial charge in [0.15, 0.2) is 0 Å². The summed E-state index contributed by atoms with van der Waals surface area (Å²) in [5, 5.41) is 23.1. The van der Waals surface area contributed by atoms with Crippen LogP contribution in [0.5, 0.6) is 5.75 Å². The Labute approximate surface area is 341 Å². The zero-order valence-electron chi connectivity index (χ0n) is 32.2. The van der Waals surface area contributed by atoms with Gasteiger partial charge in [-0.2, -0.15) is 26.3 Å². The molecule has 9 nitrogen and oxygen atoms in total.